The summed E-state index contributed by atoms with van der Waals surface area (Å²) >= 11 is 6.19. The summed E-state index contributed by atoms with van der Waals surface area (Å²) in [6.07, 6.45) is 4.43. The monoisotopic (exact) mass is 450 g/mol. The summed E-state index contributed by atoms with van der Waals surface area (Å²) in [5.41, 5.74) is 2.22. The van der Waals surface area contributed by atoms with E-state index >= 15 is 0 Å². The molecule has 0 spiro atoms. The van der Waals surface area contributed by atoms with E-state index in [1.165, 1.54) is 4.90 Å². The summed E-state index contributed by atoms with van der Waals surface area (Å²) in [5.74, 6) is -1.96. The fraction of sp³-hybridized carbons (Fsp3) is 0.320. The average Bonchev–Trinajstić information content (AvgIpc) is 3.27. The first-order valence-corrected chi connectivity index (χ1v) is 11.1. The summed E-state index contributed by atoms with van der Waals surface area (Å²) in [6.45, 7) is 0.760. The number of hydrogen-bond donors (Lipinski definition) is 0. The van der Waals surface area contributed by atoms with Gasteiger partial charge in [-0.3, -0.25) is 19.3 Å². The van der Waals surface area contributed by atoms with Crippen LogP contribution >= 0.6 is 11.6 Å². The van der Waals surface area contributed by atoms with Gasteiger partial charge < -0.3 is 9.64 Å². The number of anilines is 1. The van der Waals surface area contributed by atoms with E-state index in [0.29, 0.717) is 30.2 Å². The molecule has 2 fully saturated rings. The number of rotatable bonds is 6. The number of halogens is 1. The van der Waals surface area contributed by atoms with Gasteiger partial charge in [-0.25, -0.2) is 0 Å². The van der Waals surface area contributed by atoms with E-state index in [2.05, 4.69) is 0 Å². The zero-order chi connectivity index (χ0) is 22.4. The molecule has 5 rings (SSSR count). The highest BCUT2D eigenvalue weighted by atomic mass is 35.5. The molecule has 2 amide bonds. The highest BCUT2D eigenvalue weighted by molar-refractivity contribution is 6.30. The smallest absolute Gasteiger partial charge is 0.235 e. The molecule has 2 aromatic rings. The number of methoxy groups -OCH3 is 1. The number of nitrogens with zero attached hydrogens (tertiary/aromatic N) is 2. The van der Waals surface area contributed by atoms with Gasteiger partial charge in [0.1, 0.15) is 6.04 Å². The second-order valence-corrected chi connectivity index (χ2v) is 8.80. The van der Waals surface area contributed by atoms with Crippen LogP contribution < -0.4 is 4.90 Å². The number of imide groups is 1. The topological polar surface area (TPSA) is 66.9 Å². The number of benzene rings is 2. The maximum absolute atomic E-state index is 13.7. The Labute approximate surface area is 191 Å². The standard InChI is InChI=1S/C25H23ClN2O4/c1-32-13-5-12-27-24(30)20-19-10-8-16-14-17(26)9-11-18(16)28(19)22(21(20)25(27)31)23(29)15-6-3-2-4-7-15/h2-4,6-11,14,19-22H,5,12-13H2,1H3/t19-,20+,21+,22+/m1/s1. The summed E-state index contributed by atoms with van der Waals surface area (Å²) in [7, 11) is 1.59. The normalized spacial score (nSPS) is 25.7. The number of ether oxygens (including phenoxy) is 1. The van der Waals surface area contributed by atoms with Gasteiger partial charge in [-0.2, -0.15) is 0 Å². The molecule has 0 unspecified atom stereocenters. The van der Waals surface area contributed by atoms with E-state index in [9.17, 15) is 14.4 Å². The second-order valence-electron chi connectivity index (χ2n) is 8.36. The van der Waals surface area contributed by atoms with Crippen molar-refractivity contribution in [2.24, 2.45) is 11.8 Å². The van der Waals surface area contributed by atoms with Crippen molar-refractivity contribution in [3.05, 3.63) is 70.8 Å². The van der Waals surface area contributed by atoms with Crippen LogP contribution in [-0.2, 0) is 14.3 Å². The van der Waals surface area contributed by atoms with Crippen LogP contribution in [0.1, 0.15) is 22.3 Å². The van der Waals surface area contributed by atoms with Crippen molar-refractivity contribution >= 4 is 41.0 Å². The highest BCUT2D eigenvalue weighted by Crippen LogP contribution is 2.49. The molecule has 164 valence electrons. The molecular weight excluding hydrogens is 428 g/mol. The van der Waals surface area contributed by atoms with E-state index in [1.807, 2.05) is 35.3 Å². The van der Waals surface area contributed by atoms with Crippen LogP contribution in [0.25, 0.3) is 6.08 Å². The zero-order valence-corrected chi connectivity index (χ0v) is 18.4. The van der Waals surface area contributed by atoms with Crippen molar-refractivity contribution in [1.82, 2.24) is 4.90 Å². The first-order valence-electron chi connectivity index (χ1n) is 10.7. The average molecular weight is 451 g/mol. The van der Waals surface area contributed by atoms with Crippen LogP contribution in [-0.4, -0.2) is 54.8 Å². The van der Waals surface area contributed by atoms with E-state index in [4.69, 9.17) is 16.3 Å². The SMILES string of the molecule is COCCCN1C(=O)[C@@H]2[C@H](C1=O)[C@@H](C(=O)c1ccccc1)N1c3ccc(Cl)cc3C=C[C@H]21. The molecule has 0 radical (unpaired) electrons. The van der Waals surface area contributed by atoms with Crippen LogP contribution in [0.4, 0.5) is 5.69 Å². The Hall–Kier alpha value is -2.96. The quantitative estimate of drug-likeness (QED) is 0.383. The number of hydrogen-bond acceptors (Lipinski definition) is 5. The third-order valence-electron chi connectivity index (χ3n) is 6.62. The van der Waals surface area contributed by atoms with Gasteiger partial charge in [-0.1, -0.05) is 54.1 Å². The Morgan fingerprint density at radius 3 is 2.56 bits per heavy atom. The second kappa shape index (κ2) is 8.19. The summed E-state index contributed by atoms with van der Waals surface area (Å²) in [5, 5.41) is 0.591. The fourth-order valence-corrected chi connectivity index (χ4v) is 5.45. The van der Waals surface area contributed by atoms with Crippen LogP contribution in [0.3, 0.4) is 0 Å². The molecule has 0 aromatic heterocycles. The Morgan fingerprint density at radius 2 is 1.81 bits per heavy atom. The maximum Gasteiger partial charge on any atom is 0.235 e. The van der Waals surface area contributed by atoms with Gasteiger partial charge in [-0.05, 0) is 30.2 Å². The Balaban J connectivity index is 1.59. The van der Waals surface area contributed by atoms with E-state index in [1.54, 1.807) is 37.4 Å². The molecule has 0 N–H and O–H groups in total. The zero-order valence-electron chi connectivity index (χ0n) is 17.6. The van der Waals surface area contributed by atoms with Gasteiger partial charge in [0.2, 0.25) is 11.8 Å². The van der Waals surface area contributed by atoms with Crippen molar-refractivity contribution < 1.29 is 19.1 Å². The number of carbonyl (C=O) groups excluding carboxylic acids is 3. The van der Waals surface area contributed by atoms with Crippen molar-refractivity contribution in [1.29, 1.82) is 0 Å². The van der Waals surface area contributed by atoms with Crippen LogP contribution in [0.5, 0.6) is 0 Å². The maximum atomic E-state index is 13.7. The lowest BCUT2D eigenvalue weighted by Crippen LogP contribution is -2.48. The minimum atomic E-state index is -0.763. The molecule has 0 bridgehead atoms. The number of fused-ring (bicyclic) bond motifs is 5. The van der Waals surface area contributed by atoms with Gasteiger partial charge in [0.15, 0.2) is 5.78 Å². The van der Waals surface area contributed by atoms with Crippen LogP contribution in [0.2, 0.25) is 5.02 Å². The number of carbonyl (C=O) groups is 3. The summed E-state index contributed by atoms with van der Waals surface area (Å²) in [4.78, 5) is 43.9. The van der Waals surface area contributed by atoms with Crippen LogP contribution in [0.15, 0.2) is 54.6 Å². The predicted octanol–water partition coefficient (Wildman–Crippen LogP) is 3.44. The molecule has 3 aliphatic heterocycles. The van der Waals surface area contributed by atoms with E-state index in [-0.39, 0.29) is 23.6 Å². The van der Waals surface area contributed by atoms with Crippen molar-refractivity contribution in [2.45, 2.75) is 18.5 Å². The molecule has 2 aromatic carbocycles. The molecule has 7 heteroatoms. The third kappa shape index (κ3) is 3.17. The predicted molar refractivity (Wildman–Crippen MR) is 122 cm³/mol. The van der Waals surface area contributed by atoms with Crippen molar-refractivity contribution in [3.63, 3.8) is 0 Å². The third-order valence-corrected chi connectivity index (χ3v) is 6.85. The number of amides is 2. The minimum Gasteiger partial charge on any atom is -0.385 e. The molecule has 0 aliphatic carbocycles. The number of likely N-dealkylation sites (tertiary alicyclic amines) is 1. The molecular formula is C25H23ClN2O4. The van der Waals surface area contributed by atoms with Gasteiger partial charge in [0, 0.05) is 36.5 Å². The first-order chi connectivity index (χ1) is 15.5. The Kier molecular flexibility index (Phi) is 5.35. The van der Waals surface area contributed by atoms with Gasteiger partial charge in [0.05, 0.1) is 17.9 Å². The number of ketones is 1. The first kappa shape index (κ1) is 20.9. The number of Topliss-reactive ketones (excluding diaryl/α,β-unsaturated/α-hetero) is 1. The van der Waals surface area contributed by atoms with Gasteiger partial charge in [0.25, 0.3) is 0 Å². The van der Waals surface area contributed by atoms with E-state index < -0.39 is 17.9 Å². The van der Waals surface area contributed by atoms with Crippen molar-refractivity contribution in [2.75, 3.05) is 25.2 Å². The fourth-order valence-electron chi connectivity index (χ4n) is 5.27. The molecule has 4 atom stereocenters. The molecule has 2 saturated heterocycles. The van der Waals surface area contributed by atoms with E-state index in [0.717, 1.165) is 11.3 Å². The van der Waals surface area contributed by atoms with Gasteiger partial charge in [-0.15, -0.1) is 0 Å². The van der Waals surface area contributed by atoms with Gasteiger partial charge >= 0.3 is 0 Å². The molecule has 3 heterocycles. The Bertz CT molecular complexity index is 1120. The summed E-state index contributed by atoms with van der Waals surface area (Å²) in [6, 6.07) is 13.3. The highest BCUT2D eigenvalue weighted by Gasteiger charge is 2.63. The lowest BCUT2D eigenvalue weighted by Gasteiger charge is -2.36. The largest absolute Gasteiger partial charge is 0.385 e. The summed E-state index contributed by atoms with van der Waals surface area (Å²) < 4.78 is 5.08. The van der Waals surface area contributed by atoms with Crippen molar-refractivity contribution in [3.8, 4) is 0 Å². The lowest BCUT2D eigenvalue weighted by atomic mass is 9.86. The molecule has 32 heavy (non-hydrogen) atoms. The molecule has 0 saturated carbocycles. The van der Waals surface area contributed by atoms with Crippen LogP contribution in [0, 0.1) is 11.8 Å². The minimum absolute atomic E-state index is 0.154. The lowest BCUT2D eigenvalue weighted by molar-refractivity contribution is -0.140. The Morgan fingerprint density at radius 1 is 1.06 bits per heavy atom. The molecule has 3 aliphatic rings. The molecule has 6 nitrogen and oxygen atoms in total.